The summed E-state index contributed by atoms with van der Waals surface area (Å²) in [7, 11) is 0. The average molecular weight is 316 g/mol. The lowest BCUT2D eigenvalue weighted by atomic mass is 10.0. The van der Waals surface area contributed by atoms with Gasteiger partial charge in [0, 0.05) is 18.4 Å². The minimum Gasteiger partial charge on any atom is -0.359 e. The molecule has 0 unspecified atom stereocenters. The van der Waals surface area contributed by atoms with Gasteiger partial charge in [0.2, 0.25) is 5.78 Å². The summed E-state index contributed by atoms with van der Waals surface area (Å²) in [6.07, 6.45) is 7.95. The highest BCUT2D eigenvalue weighted by Gasteiger charge is 2.34. The second-order valence-electron chi connectivity index (χ2n) is 4.48. The predicted molar refractivity (Wildman–Crippen MR) is 73.8 cm³/mol. The van der Waals surface area contributed by atoms with Crippen LogP contribution in [0.3, 0.4) is 0 Å². The zero-order valence-corrected chi connectivity index (χ0v) is 11.3. The van der Waals surface area contributed by atoms with Gasteiger partial charge in [-0.05, 0) is 12.2 Å². The third-order valence-electron chi connectivity index (χ3n) is 3.02. The van der Waals surface area contributed by atoms with Crippen molar-refractivity contribution in [1.29, 1.82) is 0 Å². The van der Waals surface area contributed by atoms with E-state index in [1.807, 2.05) is 0 Å². The van der Waals surface area contributed by atoms with Crippen LogP contribution in [0.25, 0.3) is 0 Å². The summed E-state index contributed by atoms with van der Waals surface area (Å²) >= 11 is 0. The molecule has 1 aliphatic carbocycles. The van der Waals surface area contributed by atoms with Gasteiger partial charge < -0.3 is 4.84 Å². The molecule has 0 aromatic rings. The lowest BCUT2D eigenvalue weighted by Gasteiger charge is -2.15. The minimum atomic E-state index is -1.20. The van der Waals surface area contributed by atoms with E-state index < -0.39 is 22.2 Å². The SMILES string of the molecule is O=C1C=C(C2=N/C(=C3/C=CC=CN3O)NO2)C=C([N+](=O)[O-])C1=O. The quantitative estimate of drug-likeness (QED) is 0.317. The van der Waals surface area contributed by atoms with E-state index in [1.54, 1.807) is 18.2 Å². The Labute approximate surface area is 128 Å². The van der Waals surface area contributed by atoms with E-state index in [0.717, 1.165) is 17.2 Å². The lowest BCUT2D eigenvalue weighted by molar-refractivity contribution is -0.418. The van der Waals surface area contributed by atoms with E-state index in [1.165, 1.54) is 6.20 Å². The molecule has 0 amide bonds. The van der Waals surface area contributed by atoms with Crippen LogP contribution in [0.4, 0.5) is 0 Å². The second kappa shape index (κ2) is 5.35. The van der Waals surface area contributed by atoms with Crippen molar-refractivity contribution in [3.63, 3.8) is 0 Å². The summed E-state index contributed by atoms with van der Waals surface area (Å²) in [5, 5.41) is 21.3. The van der Waals surface area contributed by atoms with Crippen molar-refractivity contribution >= 4 is 17.5 Å². The molecule has 0 aromatic heterocycles. The summed E-state index contributed by atoms with van der Waals surface area (Å²) in [6.45, 7) is 0. The van der Waals surface area contributed by atoms with Crippen LogP contribution in [-0.2, 0) is 14.4 Å². The standard InChI is InChI=1S/C13H8N4O6/c18-10-6-7(5-9(11(10)19)17(21)22)13-14-12(15-23-13)8-3-1-2-4-16(8)20/h1-6,15,20H/b12-8+. The molecular formula is C13H8N4O6. The van der Waals surface area contributed by atoms with Crippen LogP contribution >= 0.6 is 0 Å². The molecule has 3 rings (SSSR count). The number of hydrogen-bond acceptors (Lipinski definition) is 9. The number of ketones is 2. The number of hydroxylamine groups is 3. The summed E-state index contributed by atoms with van der Waals surface area (Å²) in [5.74, 6) is -2.25. The van der Waals surface area contributed by atoms with E-state index >= 15 is 0 Å². The molecule has 10 nitrogen and oxygen atoms in total. The number of nitro groups is 1. The fraction of sp³-hybridized carbons (Fsp3) is 0. The van der Waals surface area contributed by atoms with E-state index in [0.29, 0.717) is 0 Å². The van der Waals surface area contributed by atoms with Gasteiger partial charge in [0.25, 0.3) is 5.90 Å². The minimum absolute atomic E-state index is 0.0239. The van der Waals surface area contributed by atoms with Crippen molar-refractivity contribution < 1.29 is 24.6 Å². The van der Waals surface area contributed by atoms with Crippen molar-refractivity contribution in [3.05, 3.63) is 69.5 Å². The maximum Gasteiger partial charge on any atom is 0.321 e. The van der Waals surface area contributed by atoms with Gasteiger partial charge in [-0.3, -0.25) is 24.9 Å². The first-order valence-corrected chi connectivity index (χ1v) is 6.23. The largest absolute Gasteiger partial charge is 0.359 e. The number of hydrogen-bond donors (Lipinski definition) is 2. The number of nitrogens with one attached hydrogen (secondary N) is 1. The van der Waals surface area contributed by atoms with Crippen LogP contribution in [0, 0.1) is 10.1 Å². The summed E-state index contributed by atoms with van der Waals surface area (Å²) in [6, 6.07) is 0. The first-order chi connectivity index (χ1) is 11.0. The molecule has 10 heteroatoms. The summed E-state index contributed by atoms with van der Waals surface area (Å²) in [4.78, 5) is 41.9. The van der Waals surface area contributed by atoms with Gasteiger partial charge in [-0.2, -0.15) is 10.5 Å². The van der Waals surface area contributed by atoms with Gasteiger partial charge in [-0.15, -0.1) is 0 Å². The predicted octanol–water partition coefficient (Wildman–Crippen LogP) is 0.102. The average Bonchev–Trinajstić information content (AvgIpc) is 2.99. The maximum atomic E-state index is 11.5. The van der Waals surface area contributed by atoms with Crippen LogP contribution in [-0.4, -0.2) is 32.7 Å². The Balaban J connectivity index is 1.97. The molecule has 0 radical (unpaired) electrons. The molecular weight excluding hydrogens is 308 g/mol. The number of carbonyl (C=O) groups excluding carboxylic acids is 2. The Kier molecular flexibility index (Phi) is 3.35. The van der Waals surface area contributed by atoms with Crippen LogP contribution in [0.5, 0.6) is 0 Å². The van der Waals surface area contributed by atoms with E-state index in [9.17, 15) is 24.9 Å². The van der Waals surface area contributed by atoms with Crippen molar-refractivity contribution in [2.45, 2.75) is 0 Å². The highest BCUT2D eigenvalue weighted by Crippen LogP contribution is 2.21. The third-order valence-corrected chi connectivity index (χ3v) is 3.02. The Morgan fingerprint density at radius 3 is 2.78 bits per heavy atom. The molecule has 0 atom stereocenters. The van der Waals surface area contributed by atoms with Crippen molar-refractivity contribution in [3.8, 4) is 0 Å². The molecule has 0 fully saturated rings. The number of aliphatic imine (C=N–C) groups is 1. The molecule has 0 aromatic carbocycles. The molecule has 3 aliphatic rings. The number of allylic oxidation sites excluding steroid dienone is 5. The zero-order valence-electron chi connectivity index (χ0n) is 11.3. The lowest BCUT2D eigenvalue weighted by Crippen LogP contribution is -2.25. The Morgan fingerprint density at radius 1 is 1.30 bits per heavy atom. The first kappa shape index (κ1) is 14.4. The highest BCUT2D eigenvalue weighted by atomic mass is 16.7. The first-order valence-electron chi connectivity index (χ1n) is 6.23. The normalized spacial score (nSPS) is 23.2. The number of Topliss-reactive ketones (excluding diaryl/α,β-unsaturated/α-hetero) is 1. The second-order valence-corrected chi connectivity index (χ2v) is 4.48. The van der Waals surface area contributed by atoms with Crippen LogP contribution in [0.15, 0.2) is 64.4 Å². The van der Waals surface area contributed by atoms with E-state index in [-0.39, 0.29) is 23.0 Å². The Bertz CT molecular complexity index is 814. The van der Waals surface area contributed by atoms with Crippen LogP contribution < -0.4 is 5.48 Å². The fourth-order valence-corrected chi connectivity index (χ4v) is 1.95. The number of nitrogens with zero attached hydrogens (tertiary/aromatic N) is 3. The molecule has 0 saturated heterocycles. The number of carbonyl (C=O) groups is 2. The van der Waals surface area contributed by atoms with Crippen LogP contribution in [0.2, 0.25) is 0 Å². The molecule has 0 bridgehead atoms. The molecule has 0 saturated carbocycles. The van der Waals surface area contributed by atoms with Crippen molar-refractivity contribution in [2.75, 3.05) is 0 Å². The molecule has 0 spiro atoms. The van der Waals surface area contributed by atoms with Gasteiger partial charge in [-0.25, -0.2) is 5.06 Å². The van der Waals surface area contributed by atoms with Crippen molar-refractivity contribution in [1.82, 2.24) is 10.5 Å². The zero-order chi connectivity index (χ0) is 16.6. The van der Waals surface area contributed by atoms with E-state index in [2.05, 4.69) is 10.5 Å². The Hall–Kier alpha value is -3.53. The fourth-order valence-electron chi connectivity index (χ4n) is 1.95. The topological polar surface area (TPSA) is 134 Å². The smallest absolute Gasteiger partial charge is 0.321 e. The molecule has 2 N–H and O–H groups in total. The van der Waals surface area contributed by atoms with Gasteiger partial charge in [0.15, 0.2) is 5.82 Å². The van der Waals surface area contributed by atoms with Crippen LogP contribution in [0.1, 0.15) is 0 Å². The monoisotopic (exact) mass is 316 g/mol. The summed E-state index contributed by atoms with van der Waals surface area (Å²) in [5.41, 5.74) is 1.81. The molecule has 116 valence electrons. The van der Waals surface area contributed by atoms with Gasteiger partial charge in [0.05, 0.1) is 10.5 Å². The maximum absolute atomic E-state index is 11.5. The van der Waals surface area contributed by atoms with E-state index in [4.69, 9.17) is 4.84 Å². The van der Waals surface area contributed by atoms with Crippen molar-refractivity contribution in [2.24, 2.45) is 4.99 Å². The molecule has 2 heterocycles. The molecule has 2 aliphatic heterocycles. The summed E-state index contributed by atoms with van der Waals surface area (Å²) < 4.78 is 0. The highest BCUT2D eigenvalue weighted by molar-refractivity contribution is 6.48. The Morgan fingerprint density at radius 2 is 2.09 bits per heavy atom. The third kappa shape index (κ3) is 2.53. The van der Waals surface area contributed by atoms with Gasteiger partial charge in [-0.1, -0.05) is 6.08 Å². The number of rotatable bonds is 2. The molecule has 23 heavy (non-hydrogen) atoms. The van der Waals surface area contributed by atoms with Gasteiger partial charge in [0.1, 0.15) is 5.70 Å². The van der Waals surface area contributed by atoms with Gasteiger partial charge >= 0.3 is 11.5 Å².